The number of phenolic OH excluding ortho intramolecular Hbond substituents is 1. The minimum atomic E-state index is 0.0890. The lowest BCUT2D eigenvalue weighted by Crippen LogP contribution is -2.08. The maximum Gasteiger partial charge on any atom is 0.119 e. The minimum absolute atomic E-state index is 0.0890. The molecule has 3 nitrogen and oxygen atoms in total. The van der Waals surface area contributed by atoms with E-state index in [1.54, 1.807) is 12.1 Å². The Kier molecular flexibility index (Phi) is 4.42. The van der Waals surface area contributed by atoms with Crippen LogP contribution in [0.3, 0.4) is 0 Å². The number of benzene rings is 2. The van der Waals surface area contributed by atoms with Crippen LogP contribution in [0.5, 0.6) is 11.5 Å². The molecule has 0 amide bonds. The van der Waals surface area contributed by atoms with Gasteiger partial charge in [0.2, 0.25) is 0 Å². The number of ether oxygens (including phenoxy) is 1. The van der Waals surface area contributed by atoms with Crippen LogP contribution < -0.4 is 10.5 Å². The average Bonchev–Trinajstić information content (AvgIpc) is 2.46. The zero-order valence-corrected chi connectivity index (χ0v) is 11.0. The van der Waals surface area contributed by atoms with E-state index >= 15 is 0 Å². The first-order valence-electron chi connectivity index (χ1n) is 6.45. The summed E-state index contributed by atoms with van der Waals surface area (Å²) in [4.78, 5) is 0. The Morgan fingerprint density at radius 3 is 2.26 bits per heavy atom. The Morgan fingerprint density at radius 2 is 1.68 bits per heavy atom. The van der Waals surface area contributed by atoms with Gasteiger partial charge in [-0.25, -0.2) is 0 Å². The van der Waals surface area contributed by atoms with Gasteiger partial charge < -0.3 is 15.6 Å². The van der Waals surface area contributed by atoms with Gasteiger partial charge in [0.05, 0.1) is 0 Å². The summed E-state index contributed by atoms with van der Waals surface area (Å²) in [6, 6.07) is 15.0. The molecule has 1 atom stereocenters. The maximum absolute atomic E-state index is 9.20. The molecule has 0 fully saturated rings. The van der Waals surface area contributed by atoms with Crippen LogP contribution in [-0.2, 0) is 6.61 Å². The molecule has 0 aliphatic carbocycles. The van der Waals surface area contributed by atoms with E-state index in [1.807, 2.05) is 36.4 Å². The second kappa shape index (κ2) is 6.25. The van der Waals surface area contributed by atoms with Crippen LogP contribution in [0.15, 0.2) is 48.5 Å². The third-order valence-corrected chi connectivity index (χ3v) is 3.09. The third kappa shape index (κ3) is 3.73. The molecular weight excluding hydrogens is 238 g/mol. The standard InChI is InChI=1S/C16H19NO2/c1-2-16(17)13-5-9-15(10-6-13)19-11-12-3-7-14(18)8-4-12/h3-10,16,18H,2,11,17H2,1H3/t16-/m1/s1. The fourth-order valence-corrected chi connectivity index (χ4v) is 1.81. The summed E-state index contributed by atoms with van der Waals surface area (Å²) in [5.74, 6) is 1.08. The van der Waals surface area contributed by atoms with Crippen LogP contribution in [0, 0.1) is 0 Å². The zero-order chi connectivity index (χ0) is 13.7. The molecule has 0 saturated heterocycles. The highest BCUT2D eigenvalue weighted by Crippen LogP contribution is 2.19. The summed E-state index contributed by atoms with van der Waals surface area (Å²) in [5.41, 5.74) is 8.10. The van der Waals surface area contributed by atoms with Crippen molar-refractivity contribution in [1.29, 1.82) is 0 Å². The quantitative estimate of drug-likeness (QED) is 0.863. The molecular formula is C16H19NO2. The van der Waals surface area contributed by atoms with Crippen LogP contribution in [0.4, 0.5) is 0 Å². The molecule has 2 aromatic rings. The van der Waals surface area contributed by atoms with E-state index < -0.39 is 0 Å². The summed E-state index contributed by atoms with van der Waals surface area (Å²) < 4.78 is 5.68. The van der Waals surface area contributed by atoms with Crippen LogP contribution in [-0.4, -0.2) is 5.11 Å². The fourth-order valence-electron chi connectivity index (χ4n) is 1.81. The van der Waals surface area contributed by atoms with Crippen molar-refractivity contribution in [1.82, 2.24) is 0 Å². The number of aromatic hydroxyl groups is 1. The lowest BCUT2D eigenvalue weighted by molar-refractivity contribution is 0.306. The Balaban J connectivity index is 1.94. The second-order valence-electron chi connectivity index (χ2n) is 4.54. The summed E-state index contributed by atoms with van der Waals surface area (Å²) in [5, 5.41) is 9.20. The highest BCUT2D eigenvalue weighted by molar-refractivity contribution is 5.30. The Hall–Kier alpha value is -2.00. The third-order valence-electron chi connectivity index (χ3n) is 3.09. The predicted molar refractivity (Wildman–Crippen MR) is 76.1 cm³/mol. The van der Waals surface area contributed by atoms with Crippen molar-refractivity contribution in [3.8, 4) is 11.5 Å². The predicted octanol–water partition coefficient (Wildman–Crippen LogP) is 3.38. The molecule has 100 valence electrons. The van der Waals surface area contributed by atoms with Crippen molar-refractivity contribution in [2.75, 3.05) is 0 Å². The molecule has 0 radical (unpaired) electrons. The van der Waals surface area contributed by atoms with Gasteiger partial charge in [0.15, 0.2) is 0 Å². The van der Waals surface area contributed by atoms with Gasteiger partial charge >= 0.3 is 0 Å². The first kappa shape index (κ1) is 13.4. The van der Waals surface area contributed by atoms with Crippen LogP contribution in [0.25, 0.3) is 0 Å². The number of rotatable bonds is 5. The molecule has 0 unspecified atom stereocenters. The molecule has 0 spiro atoms. The molecule has 2 rings (SSSR count). The number of phenols is 1. The Bertz CT molecular complexity index is 505. The Morgan fingerprint density at radius 1 is 1.05 bits per heavy atom. The second-order valence-corrected chi connectivity index (χ2v) is 4.54. The molecule has 3 heteroatoms. The molecule has 0 bridgehead atoms. The van der Waals surface area contributed by atoms with Crippen LogP contribution in [0.2, 0.25) is 0 Å². The van der Waals surface area contributed by atoms with Crippen LogP contribution >= 0.6 is 0 Å². The van der Waals surface area contributed by atoms with Crippen molar-refractivity contribution in [2.45, 2.75) is 26.0 Å². The van der Waals surface area contributed by atoms with E-state index in [2.05, 4.69) is 6.92 Å². The lowest BCUT2D eigenvalue weighted by Gasteiger charge is -2.11. The smallest absolute Gasteiger partial charge is 0.119 e. The normalized spacial score (nSPS) is 12.1. The summed E-state index contributed by atoms with van der Waals surface area (Å²) >= 11 is 0. The molecule has 0 aromatic heterocycles. The topological polar surface area (TPSA) is 55.5 Å². The van der Waals surface area contributed by atoms with Crippen molar-refractivity contribution >= 4 is 0 Å². The Labute approximate surface area is 113 Å². The van der Waals surface area contributed by atoms with E-state index in [9.17, 15) is 5.11 Å². The first-order chi connectivity index (χ1) is 9.19. The average molecular weight is 257 g/mol. The van der Waals surface area contributed by atoms with Gasteiger partial charge in [-0.2, -0.15) is 0 Å². The molecule has 0 aliphatic heterocycles. The number of hydrogen-bond acceptors (Lipinski definition) is 3. The summed E-state index contributed by atoms with van der Waals surface area (Å²) in [6.07, 6.45) is 0.924. The molecule has 0 saturated carbocycles. The first-order valence-corrected chi connectivity index (χ1v) is 6.45. The zero-order valence-electron chi connectivity index (χ0n) is 11.0. The molecule has 3 N–H and O–H groups in total. The van der Waals surface area contributed by atoms with Gasteiger partial charge in [0.1, 0.15) is 18.1 Å². The van der Waals surface area contributed by atoms with Crippen molar-refractivity contribution in [3.63, 3.8) is 0 Å². The van der Waals surface area contributed by atoms with Gasteiger partial charge in [0.25, 0.3) is 0 Å². The molecule has 0 heterocycles. The van der Waals surface area contributed by atoms with E-state index in [4.69, 9.17) is 10.5 Å². The van der Waals surface area contributed by atoms with Crippen molar-refractivity contribution in [2.24, 2.45) is 5.73 Å². The molecule has 0 aliphatic rings. The summed E-state index contributed by atoms with van der Waals surface area (Å²) in [6.45, 7) is 2.55. The van der Waals surface area contributed by atoms with Gasteiger partial charge in [-0.3, -0.25) is 0 Å². The van der Waals surface area contributed by atoms with Gasteiger partial charge in [-0.05, 0) is 41.8 Å². The van der Waals surface area contributed by atoms with E-state index in [0.717, 1.165) is 23.3 Å². The summed E-state index contributed by atoms with van der Waals surface area (Å²) in [7, 11) is 0. The van der Waals surface area contributed by atoms with Crippen LogP contribution in [0.1, 0.15) is 30.5 Å². The lowest BCUT2D eigenvalue weighted by atomic mass is 10.1. The highest BCUT2D eigenvalue weighted by Gasteiger charge is 2.03. The minimum Gasteiger partial charge on any atom is -0.508 e. The number of nitrogens with two attached hydrogens (primary N) is 1. The molecule has 19 heavy (non-hydrogen) atoms. The monoisotopic (exact) mass is 257 g/mol. The van der Waals surface area contributed by atoms with Gasteiger partial charge in [-0.1, -0.05) is 31.2 Å². The van der Waals surface area contributed by atoms with E-state index in [1.165, 1.54) is 0 Å². The largest absolute Gasteiger partial charge is 0.508 e. The maximum atomic E-state index is 9.20. The van der Waals surface area contributed by atoms with Crippen molar-refractivity contribution in [3.05, 3.63) is 59.7 Å². The van der Waals surface area contributed by atoms with E-state index in [0.29, 0.717) is 6.61 Å². The van der Waals surface area contributed by atoms with Gasteiger partial charge in [0, 0.05) is 6.04 Å². The number of hydrogen-bond donors (Lipinski definition) is 2. The van der Waals surface area contributed by atoms with Gasteiger partial charge in [-0.15, -0.1) is 0 Å². The SMILES string of the molecule is CC[C@@H](N)c1ccc(OCc2ccc(O)cc2)cc1. The highest BCUT2D eigenvalue weighted by atomic mass is 16.5. The molecule has 2 aromatic carbocycles. The fraction of sp³-hybridized carbons (Fsp3) is 0.250. The van der Waals surface area contributed by atoms with E-state index in [-0.39, 0.29) is 11.8 Å². The van der Waals surface area contributed by atoms with Crippen molar-refractivity contribution < 1.29 is 9.84 Å².